The highest BCUT2D eigenvalue weighted by Gasteiger charge is 2.05. The molecule has 14 heavy (non-hydrogen) atoms. The summed E-state index contributed by atoms with van der Waals surface area (Å²) in [6, 6.07) is 0.566. The second kappa shape index (κ2) is 9.43. The van der Waals surface area contributed by atoms with Gasteiger partial charge in [0, 0.05) is 18.2 Å². The summed E-state index contributed by atoms with van der Waals surface area (Å²) in [5.74, 6) is 9.33. The Morgan fingerprint density at radius 2 is 2.00 bits per heavy atom. The molecule has 0 saturated carbocycles. The molecule has 0 rings (SSSR count). The smallest absolute Gasteiger partial charge is 0.0267 e. The van der Waals surface area contributed by atoms with Crippen LogP contribution in [0.4, 0.5) is 0 Å². The second-order valence-electron chi connectivity index (χ2n) is 3.82. The molecule has 0 aliphatic rings. The molecule has 0 aliphatic carbocycles. The molecule has 0 amide bonds. The van der Waals surface area contributed by atoms with Crippen molar-refractivity contribution in [3.05, 3.63) is 0 Å². The van der Waals surface area contributed by atoms with Gasteiger partial charge in [0.05, 0.1) is 0 Å². The van der Waals surface area contributed by atoms with Crippen molar-refractivity contribution in [1.29, 1.82) is 0 Å². The number of rotatable bonds is 7. The SMILES string of the molecule is CC#CCC(CSCC(C)C)NCC. The molecule has 1 nitrogen and oxygen atoms in total. The van der Waals surface area contributed by atoms with E-state index in [2.05, 4.69) is 37.9 Å². The minimum absolute atomic E-state index is 0.566. The van der Waals surface area contributed by atoms with Crippen LogP contribution in [-0.4, -0.2) is 24.1 Å². The van der Waals surface area contributed by atoms with Crippen LogP contribution in [0.3, 0.4) is 0 Å². The summed E-state index contributed by atoms with van der Waals surface area (Å²) in [5.41, 5.74) is 0. The molecule has 0 aromatic heterocycles. The molecule has 0 saturated heterocycles. The van der Waals surface area contributed by atoms with Gasteiger partial charge in [0.25, 0.3) is 0 Å². The molecular formula is C12H23NS. The lowest BCUT2D eigenvalue weighted by Crippen LogP contribution is -2.31. The van der Waals surface area contributed by atoms with Crippen LogP contribution in [0.1, 0.15) is 34.1 Å². The summed E-state index contributed by atoms with van der Waals surface area (Å²) in [6.45, 7) is 9.63. The molecule has 0 heterocycles. The van der Waals surface area contributed by atoms with Crippen LogP contribution in [0, 0.1) is 17.8 Å². The van der Waals surface area contributed by atoms with Gasteiger partial charge in [-0.15, -0.1) is 11.8 Å². The molecule has 0 aromatic rings. The minimum Gasteiger partial charge on any atom is -0.312 e. The van der Waals surface area contributed by atoms with Crippen molar-refractivity contribution in [1.82, 2.24) is 5.32 Å². The topological polar surface area (TPSA) is 12.0 Å². The first-order valence-electron chi connectivity index (χ1n) is 5.41. The Labute approximate surface area is 93.4 Å². The predicted octanol–water partition coefficient (Wildman–Crippen LogP) is 2.77. The van der Waals surface area contributed by atoms with Crippen molar-refractivity contribution in [3.63, 3.8) is 0 Å². The van der Waals surface area contributed by atoms with E-state index in [1.165, 1.54) is 11.5 Å². The van der Waals surface area contributed by atoms with Gasteiger partial charge in [-0.3, -0.25) is 0 Å². The number of thioether (sulfide) groups is 1. The highest BCUT2D eigenvalue weighted by Crippen LogP contribution is 2.10. The van der Waals surface area contributed by atoms with Crippen molar-refractivity contribution in [2.45, 2.75) is 40.2 Å². The second-order valence-corrected chi connectivity index (χ2v) is 4.89. The molecule has 0 aliphatic heterocycles. The van der Waals surface area contributed by atoms with E-state index in [1.807, 2.05) is 18.7 Å². The molecule has 1 N–H and O–H groups in total. The Morgan fingerprint density at radius 1 is 1.29 bits per heavy atom. The van der Waals surface area contributed by atoms with Gasteiger partial charge in [-0.1, -0.05) is 20.8 Å². The molecule has 0 fully saturated rings. The van der Waals surface area contributed by atoms with Gasteiger partial charge in [-0.05, 0) is 25.1 Å². The van der Waals surface area contributed by atoms with E-state index in [9.17, 15) is 0 Å². The van der Waals surface area contributed by atoms with Gasteiger partial charge < -0.3 is 5.32 Å². The monoisotopic (exact) mass is 213 g/mol. The Kier molecular flexibility index (Phi) is 9.34. The summed E-state index contributed by atoms with van der Waals surface area (Å²) in [5, 5.41) is 3.47. The van der Waals surface area contributed by atoms with Crippen molar-refractivity contribution < 1.29 is 0 Å². The molecule has 82 valence electrons. The van der Waals surface area contributed by atoms with Crippen LogP contribution < -0.4 is 5.32 Å². The Bertz CT molecular complexity index is 178. The zero-order valence-corrected chi connectivity index (χ0v) is 10.7. The van der Waals surface area contributed by atoms with Crippen molar-refractivity contribution in [2.24, 2.45) is 5.92 Å². The van der Waals surface area contributed by atoms with E-state index in [0.29, 0.717) is 6.04 Å². The van der Waals surface area contributed by atoms with E-state index >= 15 is 0 Å². The van der Waals surface area contributed by atoms with Crippen LogP contribution in [0.15, 0.2) is 0 Å². The number of nitrogens with one attached hydrogen (secondary N) is 1. The standard InChI is InChI=1S/C12H23NS/c1-5-7-8-12(13-6-2)10-14-9-11(3)4/h11-13H,6,8-10H2,1-4H3. The Hall–Kier alpha value is -0.130. The molecule has 0 bridgehead atoms. The van der Waals surface area contributed by atoms with Gasteiger partial charge in [0.2, 0.25) is 0 Å². The van der Waals surface area contributed by atoms with Crippen LogP contribution in [-0.2, 0) is 0 Å². The Balaban J connectivity index is 3.65. The first kappa shape index (κ1) is 13.9. The lowest BCUT2D eigenvalue weighted by Gasteiger charge is -2.15. The van der Waals surface area contributed by atoms with Crippen LogP contribution >= 0.6 is 11.8 Å². The molecule has 0 spiro atoms. The molecule has 2 heteroatoms. The maximum absolute atomic E-state index is 3.47. The maximum atomic E-state index is 3.47. The summed E-state index contributed by atoms with van der Waals surface area (Å²) in [6.07, 6.45) is 0.982. The third kappa shape index (κ3) is 8.47. The highest BCUT2D eigenvalue weighted by atomic mass is 32.2. The van der Waals surface area contributed by atoms with Crippen LogP contribution in [0.25, 0.3) is 0 Å². The van der Waals surface area contributed by atoms with Gasteiger partial charge in [-0.25, -0.2) is 0 Å². The number of hydrogen-bond acceptors (Lipinski definition) is 2. The molecular weight excluding hydrogens is 190 g/mol. The zero-order chi connectivity index (χ0) is 10.8. The Morgan fingerprint density at radius 3 is 2.50 bits per heavy atom. The summed E-state index contributed by atoms with van der Waals surface area (Å²) in [4.78, 5) is 0. The summed E-state index contributed by atoms with van der Waals surface area (Å²) >= 11 is 2.03. The van der Waals surface area contributed by atoms with E-state index in [-0.39, 0.29) is 0 Å². The lowest BCUT2D eigenvalue weighted by atomic mass is 10.2. The molecule has 0 radical (unpaired) electrons. The average molecular weight is 213 g/mol. The fraction of sp³-hybridized carbons (Fsp3) is 0.833. The zero-order valence-electron chi connectivity index (χ0n) is 9.89. The van der Waals surface area contributed by atoms with Crippen molar-refractivity contribution >= 4 is 11.8 Å². The quantitative estimate of drug-likeness (QED) is 0.653. The minimum atomic E-state index is 0.566. The van der Waals surface area contributed by atoms with Gasteiger partial charge >= 0.3 is 0 Å². The average Bonchev–Trinajstić information content (AvgIpc) is 2.13. The van der Waals surface area contributed by atoms with Crippen LogP contribution in [0.2, 0.25) is 0 Å². The van der Waals surface area contributed by atoms with E-state index in [4.69, 9.17) is 0 Å². The van der Waals surface area contributed by atoms with Gasteiger partial charge in [0.1, 0.15) is 0 Å². The molecule has 1 atom stereocenters. The number of hydrogen-bond donors (Lipinski definition) is 1. The normalized spacial score (nSPS) is 12.4. The van der Waals surface area contributed by atoms with Gasteiger partial charge in [0.15, 0.2) is 0 Å². The predicted molar refractivity (Wildman–Crippen MR) is 67.7 cm³/mol. The third-order valence-corrected chi connectivity index (χ3v) is 3.33. The highest BCUT2D eigenvalue weighted by molar-refractivity contribution is 7.99. The molecule has 0 aromatic carbocycles. The van der Waals surface area contributed by atoms with Crippen molar-refractivity contribution in [3.8, 4) is 11.8 Å². The van der Waals surface area contributed by atoms with E-state index in [0.717, 1.165) is 18.9 Å². The molecule has 1 unspecified atom stereocenters. The fourth-order valence-corrected chi connectivity index (χ4v) is 2.28. The van der Waals surface area contributed by atoms with E-state index in [1.54, 1.807) is 0 Å². The first-order valence-corrected chi connectivity index (χ1v) is 6.56. The van der Waals surface area contributed by atoms with Gasteiger partial charge in [-0.2, -0.15) is 11.8 Å². The first-order chi connectivity index (χ1) is 6.70. The maximum Gasteiger partial charge on any atom is 0.0267 e. The summed E-state index contributed by atoms with van der Waals surface area (Å²) in [7, 11) is 0. The summed E-state index contributed by atoms with van der Waals surface area (Å²) < 4.78 is 0. The lowest BCUT2D eigenvalue weighted by molar-refractivity contribution is 0.587. The largest absolute Gasteiger partial charge is 0.312 e. The van der Waals surface area contributed by atoms with Crippen molar-refractivity contribution in [2.75, 3.05) is 18.1 Å². The van der Waals surface area contributed by atoms with E-state index < -0.39 is 0 Å². The fourth-order valence-electron chi connectivity index (χ4n) is 1.15. The van der Waals surface area contributed by atoms with Crippen LogP contribution in [0.5, 0.6) is 0 Å². The third-order valence-electron chi connectivity index (χ3n) is 1.79.